The van der Waals surface area contributed by atoms with Crippen LogP contribution in [0.2, 0.25) is 0 Å². The molecule has 0 saturated carbocycles. The lowest BCUT2D eigenvalue weighted by atomic mass is 10.1. The Bertz CT molecular complexity index is 548. The highest BCUT2D eigenvalue weighted by atomic mass is 16.5. The molecule has 0 aliphatic carbocycles. The summed E-state index contributed by atoms with van der Waals surface area (Å²) in [5, 5.41) is 2.94. The van der Waals surface area contributed by atoms with Crippen LogP contribution in [0.25, 0.3) is 0 Å². The third-order valence-corrected chi connectivity index (χ3v) is 3.93. The molecular weight excluding hydrogens is 294 g/mol. The summed E-state index contributed by atoms with van der Waals surface area (Å²) in [5.74, 6) is -0.0738. The summed E-state index contributed by atoms with van der Waals surface area (Å²) in [5.41, 5.74) is 2.92. The first kappa shape index (κ1) is 17.4. The number of carbonyl (C=O) groups excluding carboxylic acids is 2. The van der Waals surface area contributed by atoms with Gasteiger partial charge in [0.2, 0.25) is 11.8 Å². The van der Waals surface area contributed by atoms with E-state index in [0.29, 0.717) is 26.3 Å². The predicted octanol–water partition coefficient (Wildman–Crippen LogP) is 1.03. The van der Waals surface area contributed by atoms with Gasteiger partial charge in [-0.1, -0.05) is 18.2 Å². The molecule has 126 valence electrons. The second-order valence-corrected chi connectivity index (χ2v) is 5.98. The van der Waals surface area contributed by atoms with Gasteiger partial charge in [0, 0.05) is 18.8 Å². The Morgan fingerprint density at radius 2 is 1.78 bits per heavy atom. The number of morpholine rings is 1. The highest BCUT2D eigenvalue weighted by molar-refractivity contribution is 5.94. The minimum absolute atomic E-state index is 0.0377. The average molecular weight is 319 g/mol. The Kier molecular flexibility index (Phi) is 6.12. The number of carbonyl (C=O) groups is 2. The number of ether oxygens (including phenoxy) is 1. The van der Waals surface area contributed by atoms with Gasteiger partial charge in [0.1, 0.15) is 0 Å². The van der Waals surface area contributed by atoms with Crippen LogP contribution in [0.5, 0.6) is 0 Å². The number of likely N-dealkylation sites (N-methyl/N-ethyl adjacent to an activating group) is 1. The molecule has 1 heterocycles. The van der Waals surface area contributed by atoms with Gasteiger partial charge in [0.05, 0.1) is 26.3 Å². The molecule has 6 nitrogen and oxygen atoms in total. The monoisotopic (exact) mass is 319 g/mol. The second kappa shape index (κ2) is 8.08. The summed E-state index contributed by atoms with van der Waals surface area (Å²) >= 11 is 0. The summed E-state index contributed by atoms with van der Waals surface area (Å²) in [6, 6.07) is 5.90. The molecule has 23 heavy (non-hydrogen) atoms. The van der Waals surface area contributed by atoms with Crippen LogP contribution in [0.15, 0.2) is 18.2 Å². The van der Waals surface area contributed by atoms with Crippen molar-refractivity contribution < 1.29 is 14.3 Å². The average Bonchev–Trinajstić information content (AvgIpc) is 2.51. The molecule has 2 amide bonds. The summed E-state index contributed by atoms with van der Waals surface area (Å²) in [6.07, 6.45) is 0. The Morgan fingerprint density at radius 3 is 2.39 bits per heavy atom. The van der Waals surface area contributed by atoms with Crippen LogP contribution in [0, 0.1) is 13.8 Å². The van der Waals surface area contributed by atoms with Crippen LogP contribution >= 0.6 is 0 Å². The molecule has 1 fully saturated rings. The van der Waals surface area contributed by atoms with Crippen molar-refractivity contribution in [3.63, 3.8) is 0 Å². The minimum Gasteiger partial charge on any atom is -0.378 e. The molecule has 6 heteroatoms. The van der Waals surface area contributed by atoms with Crippen molar-refractivity contribution in [2.45, 2.75) is 13.8 Å². The van der Waals surface area contributed by atoms with Gasteiger partial charge in [0.15, 0.2) is 0 Å². The lowest BCUT2D eigenvalue weighted by Crippen LogP contribution is -2.46. The summed E-state index contributed by atoms with van der Waals surface area (Å²) in [6.45, 7) is 6.78. The summed E-state index contributed by atoms with van der Waals surface area (Å²) in [7, 11) is 1.78. The van der Waals surface area contributed by atoms with Gasteiger partial charge in [-0.25, -0.2) is 0 Å². The van der Waals surface area contributed by atoms with Gasteiger partial charge in [-0.15, -0.1) is 0 Å². The third kappa shape index (κ3) is 5.04. The fourth-order valence-corrected chi connectivity index (χ4v) is 2.64. The Hall–Kier alpha value is -1.92. The van der Waals surface area contributed by atoms with Crippen molar-refractivity contribution in [1.29, 1.82) is 0 Å². The molecule has 2 rings (SSSR count). The van der Waals surface area contributed by atoms with Crippen molar-refractivity contribution in [2.24, 2.45) is 0 Å². The third-order valence-electron chi connectivity index (χ3n) is 3.93. The smallest absolute Gasteiger partial charge is 0.238 e. The molecule has 0 unspecified atom stereocenters. The van der Waals surface area contributed by atoms with Gasteiger partial charge in [-0.2, -0.15) is 0 Å². The molecule has 0 radical (unpaired) electrons. The molecule has 1 aliphatic rings. The zero-order valence-corrected chi connectivity index (χ0v) is 14.1. The number of benzene rings is 1. The lowest BCUT2D eigenvalue weighted by Gasteiger charge is -2.28. The largest absolute Gasteiger partial charge is 0.378 e. The molecule has 1 N–H and O–H groups in total. The molecule has 1 aromatic rings. The van der Waals surface area contributed by atoms with E-state index in [1.807, 2.05) is 32.0 Å². The molecule has 0 spiro atoms. The van der Waals surface area contributed by atoms with Crippen molar-refractivity contribution in [1.82, 2.24) is 9.80 Å². The second-order valence-electron chi connectivity index (χ2n) is 5.98. The highest BCUT2D eigenvalue weighted by Crippen LogP contribution is 2.19. The number of nitrogens with one attached hydrogen (secondary N) is 1. The SMILES string of the molecule is Cc1cccc(C)c1NC(=O)CN(C)CC(=O)N1CCOCC1. The zero-order valence-electron chi connectivity index (χ0n) is 14.1. The maximum absolute atomic E-state index is 12.2. The molecule has 1 aliphatic heterocycles. The van der Waals surface area contributed by atoms with E-state index in [0.717, 1.165) is 16.8 Å². The first-order valence-corrected chi connectivity index (χ1v) is 7.87. The Labute approximate surface area is 137 Å². The minimum atomic E-state index is -0.111. The normalized spacial score (nSPS) is 14.9. The molecular formula is C17H25N3O3. The highest BCUT2D eigenvalue weighted by Gasteiger charge is 2.19. The van der Waals surface area contributed by atoms with Gasteiger partial charge in [-0.3, -0.25) is 14.5 Å². The van der Waals surface area contributed by atoms with E-state index in [1.54, 1.807) is 16.8 Å². The van der Waals surface area contributed by atoms with Crippen LogP contribution < -0.4 is 5.32 Å². The summed E-state index contributed by atoms with van der Waals surface area (Å²) in [4.78, 5) is 27.9. The van der Waals surface area contributed by atoms with Crippen molar-refractivity contribution >= 4 is 17.5 Å². The number of amides is 2. The van der Waals surface area contributed by atoms with Gasteiger partial charge >= 0.3 is 0 Å². The fourth-order valence-electron chi connectivity index (χ4n) is 2.64. The summed E-state index contributed by atoms with van der Waals surface area (Å²) < 4.78 is 5.24. The fraction of sp³-hybridized carbons (Fsp3) is 0.529. The number of hydrogen-bond acceptors (Lipinski definition) is 4. The number of nitrogens with zero attached hydrogens (tertiary/aromatic N) is 2. The van der Waals surface area contributed by atoms with Gasteiger partial charge in [-0.05, 0) is 32.0 Å². The topological polar surface area (TPSA) is 61.9 Å². The van der Waals surface area contributed by atoms with E-state index in [9.17, 15) is 9.59 Å². The first-order chi connectivity index (χ1) is 11.0. The van der Waals surface area contributed by atoms with E-state index in [1.165, 1.54) is 0 Å². The molecule has 0 aromatic heterocycles. The Balaban J connectivity index is 1.83. The zero-order chi connectivity index (χ0) is 16.8. The van der Waals surface area contributed by atoms with Crippen LogP contribution in [-0.2, 0) is 14.3 Å². The van der Waals surface area contributed by atoms with E-state index in [4.69, 9.17) is 4.74 Å². The van der Waals surface area contributed by atoms with Crippen molar-refractivity contribution in [3.05, 3.63) is 29.3 Å². The van der Waals surface area contributed by atoms with E-state index in [2.05, 4.69) is 5.32 Å². The number of hydrogen-bond donors (Lipinski definition) is 1. The van der Waals surface area contributed by atoms with E-state index in [-0.39, 0.29) is 24.9 Å². The molecule has 0 bridgehead atoms. The van der Waals surface area contributed by atoms with Crippen LogP contribution in [0.3, 0.4) is 0 Å². The van der Waals surface area contributed by atoms with Gasteiger partial charge in [0.25, 0.3) is 0 Å². The first-order valence-electron chi connectivity index (χ1n) is 7.87. The number of aryl methyl sites for hydroxylation is 2. The Morgan fingerprint density at radius 1 is 1.17 bits per heavy atom. The van der Waals surface area contributed by atoms with E-state index >= 15 is 0 Å². The number of para-hydroxylation sites is 1. The number of rotatable bonds is 5. The van der Waals surface area contributed by atoms with Crippen molar-refractivity contribution in [2.75, 3.05) is 51.8 Å². The molecule has 1 aromatic carbocycles. The number of anilines is 1. The maximum Gasteiger partial charge on any atom is 0.238 e. The van der Waals surface area contributed by atoms with Crippen LogP contribution in [0.1, 0.15) is 11.1 Å². The van der Waals surface area contributed by atoms with Crippen LogP contribution in [-0.4, -0.2) is 68.1 Å². The lowest BCUT2D eigenvalue weighted by molar-refractivity contribution is -0.136. The molecule has 1 saturated heterocycles. The van der Waals surface area contributed by atoms with Gasteiger partial charge < -0.3 is 15.0 Å². The predicted molar refractivity (Wildman–Crippen MR) is 89.4 cm³/mol. The van der Waals surface area contributed by atoms with Crippen molar-refractivity contribution in [3.8, 4) is 0 Å². The van der Waals surface area contributed by atoms with Crippen LogP contribution in [0.4, 0.5) is 5.69 Å². The quantitative estimate of drug-likeness (QED) is 0.881. The van der Waals surface area contributed by atoms with E-state index < -0.39 is 0 Å². The molecule has 0 atom stereocenters. The standard InChI is InChI=1S/C17H25N3O3/c1-13-5-4-6-14(2)17(13)18-15(21)11-19(3)12-16(22)20-7-9-23-10-8-20/h4-6H,7-12H2,1-3H3,(H,18,21). The maximum atomic E-state index is 12.2.